The van der Waals surface area contributed by atoms with E-state index in [1.807, 2.05) is 37.3 Å². The number of nitrogens with zero attached hydrogens (tertiary/aromatic N) is 1. The van der Waals surface area contributed by atoms with Crippen LogP contribution < -0.4 is 10.1 Å². The van der Waals surface area contributed by atoms with Gasteiger partial charge in [-0.2, -0.15) is 0 Å². The molecule has 0 aliphatic carbocycles. The molecule has 0 atom stereocenters. The van der Waals surface area contributed by atoms with E-state index in [0.717, 1.165) is 24.5 Å². The molecular weight excluding hydrogens is 224 g/mol. The van der Waals surface area contributed by atoms with Gasteiger partial charge >= 0.3 is 0 Å². The zero-order chi connectivity index (χ0) is 12.6. The molecule has 0 saturated heterocycles. The van der Waals surface area contributed by atoms with E-state index in [-0.39, 0.29) is 0 Å². The lowest BCUT2D eigenvalue weighted by Crippen LogP contribution is -2.20. The number of pyridine rings is 1. The molecule has 1 aromatic heterocycles. The van der Waals surface area contributed by atoms with E-state index in [2.05, 4.69) is 22.4 Å². The minimum absolute atomic E-state index is 0.650. The van der Waals surface area contributed by atoms with Gasteiger partial charge in [-0.25, -0.2) is 0 Å². The molecule has 0 aliphatic rings. The Hall–Kier alpha value is -1.87. The van der Waals surface area contributed by atoms with E-state index in [0.29, 0.717) is 6.61 Å². The van der Waals surface area contributed by atoms with E-state index in [1.54, 1.807) is 6.20 Å². The molecule has 3 heteroatoms. The van der Waals surface area contributed by atoms with Gasteiger partial charge in [0.2, 0.25) is 0 Å². The molecule has 3 nitrogen and oxygen atoms in total. The van der Waals surface area contributed by atoms with Gasteiger partial charge < -0.3 is 10.1 Å². The fourth-order valence-electron chi connectivity index (χ4n) is 1.61. The first-order chi connectivity index (χ1) is 8.84. The summed E-state index contributed by atoms with van der Waals surface area (Å²) in [5, 5.41) is 3.34. The number of benzene rings is 1. The molecule has 2 rings (SSSR count). The minimum atomic E-state index is 0.650. The van der Waals surface area contributed by atoms with Gasteiger partial charge in [0.15, 0.2) is 0 Å². The Bertz CT molecular complexity index is 454. The topological polar surface area (TPSA) is 34.1 Å². The van der Waals surface area contributed by atoms with E-state index < -0.39 is 0 Å². The molecule has 2 aromatic rings. The summed E-state index contributed by atoms with van der Waals surface area (Å²) in [7, 11) is 0. The summed E-state index contributed by atoms with van der Waals surface area (Å²) in [6.07, 6.45) is 1.76. The molecule has 94 valence electrons. The number of aryl methyl sites for hydroxylation is 1. The van der Waals surface area contributed by atoms with Crippen LogP contribution >= 0.6 is 0 Å². The lowest BCUT2D eigenvalue weighted by atomic mass is 10.2. The van der Waals surface area contributed by atoms with Crippen molar-refractivity contribution in [2.24, 2.45) is 0 Å². The van der Waals surface area contributed by atoms with Crippen LogP contribution in [0.15, 0.2) is 48.7 Å². The molecule has 0 radical (unpaired) electrons. The lowest BCUT2D eigenvalue weighted by Gasteiger charge is -2.07. The summed E-state index contributed by atoms with van der Waals surface area (Å²) in [4.78, 5) is 4.18. The van der Waals surface area contributed by atoms with Crippen molar-refractivity contribution < 1.29 is 4.74 Å². The third kappa shape index (κ3) is 4.18. The van der Waals surface area contributed by atoms with Gasteiger partial charge in [-0.05, 0) is 24.6 Å². The molecule has 1 heterocycles. The third-order valence-corrected chi connectivity index (χ3v) is 2.60. The highest BCUT2D eigenvalue weighted by atomic mass is 16.5. The van der Waals surface area contributed by atoms with Gasteiger partial charge in [0.05, 0.1) is 6.20 Å². The smallest absolute Gasteiger partial charge is 0.137 e. The number of aromatic nitrogens is 1. The van der Waals surface area contributed by atoms with Crippen LogP contribution in [0.1, 0.15) is 11.3 Å². The van der Waals surface area contributed by atoms with Crippen molar-refractivity contribution in [3.05, 3.63) is 59.9 Å². The second-order valence-electron chi connectivity index (χ2n) is 4.15. The molecule has 0 aliphatic heterocycles. The van der Waals surface area contributed by atoms with Crippen LogP contribution in [-0.4, -0.2) is 18.1 Å². The van der Waals surface area contributed by atoms with Crippen LogP contribution in [0.5, 0.6) is 5.75 Å². The first kappa shape index (κ1) is 12.6. The Labute approximate surface area is 108 Å². The maximum absolute atomic E-state index is 5.57. The van der Waals surface area contributed by atoms with Gasteiger partial charge in [-0.15, -0.1) is 0 Å². The molecule has 0 amide bonds. The molecule has 0 unspecified atom stereocenters. The summed E-state index contributed by atoms with van der Waals surface area (Å²) in [5.41, 5.74) is 2.29. The third-order valence-electron chi connectivity index (χ3n) is 2.60. The summed E-state index contributed by atoms with van der Waals surface area (Å²) in [6.45, 7) is 4.31. The Morgan fingerprint density at radius 1 is 1.11 bits per heavy atom. The Morgan fingerprint density at radius 2 is 1.94 bits per heavy atom. The van der Waals surface area contributed by atoms with E-state index >= 15 is 0 Å². The largest absolute Gasteiger partial charge is 0.491 e. The monoisotopic (exact) mass is 242 g/mol. The van der Waals surface area contributed by atoms with Crippen molar-refractivity contribution in [3.8, 4) is 5.75 Å². The zero-order valence-electron chi connectivity index (χ0n) is 10.6. The van der Waals surface area contributed by atoms with Crippen LogP contribution in [-0.2, 0) is 6.54 Å². The average molecular weight is 242 g/mol. The predicted molar refractivity (Wildman–Crippen MR) is 72.6 cm³/mol. The van der Waals surface area contributed by atoms with Crippen molar-refractivity contribution in [2.75, 3.05) is 13.2 Å². The van der Waals surface area contributed by atoms with Gasteiger partial charge in [0.25, 0.3) is 0 Å². The van der Waals surface area contributed by atoms with Gasteiger partial charge in [-0.3, -0.25) is 4.98 Å². The zero-order valence-corrected chi connectivity index (χ0v) is 10.6. The number of hydrogen-bond donors (Lipinski definition) is 1. The van der Waals surface area contributed by atoms with Crippen molar-refractivity contribution in [3.63, 3.8) is 0 Å². The summed E-state index contributed by atoms with van der Waals surface area (Å²) < 4.78 is 5.57. The molecule has 0 fully saturated rings. The highest BCUT2D eigenvalue weighted by Crippen LogP contribution is 2.07. The first-order valence-corrected chi connectivity index (χ1v) is 6.15. The van der Waals surface area contributed by atoms with Crippen LogP contribution in [0, 0.1) is 6.92 Å². The van der Waals surface area contributed by atoms with E-state index in [4.69, 9.17) is 4.74 Å². The molecule has 18 heavy (non-hydrogen) atoms. The highest BCUT2D eigenvalue weighted by molar-refractivity contribution is 5.19. The number of rotatable bonds is 6. The maximum atomic E-state index is 5.57. The second-order valence-corrected chi connectivity index (χ2v) is 4.15. The average Bonchev–Trinajstić information content (AvgIpc) is 2.42. The quantitative estimate of drug-likeness (QED) is 0.790. The van der Waals surface area contributed by atoms with Crippen LogP contribution in [0.2, 0.25) is 0 Å². The van der Waals surface area contributed by atoms with Gasteiger partial charge in [0.1, 0.15) is 12.4 Å². The van der Waals surface area contributed by atoms with Crippen molar-refractivity contribution in [1.29, 1.82) is 0 Å². The van der Waals surface area contributed by atoms with Crippen molar-refractivity contribution >= 4 is 0 Å². The standard InChI is InChI=1S/C15H18N2O/c1-13-7-8-15(12-17-13)18-10-9-16-11-14-5-3-2-4-6-14/h2-8,12,16H,9-11H2,1H3. The van der Waals surface area contributed by atoms with Crippen molar-refractivity contribution in [1.82, 2.24) is 10.3 Å². The van der Waals surface area contributed by atoms with E-state index in [9.17, 15) is 0 Å². The lowest BCUT2D eigenvalue weighted by molar-refractivity contribution is 0.312. The molecule has 1 N–H and O–H groups in total. The molecular formula is C15H18N2O. The van der Waals surface area contributed by atoms with Gasteiger partial charge in [0, 0.05) is 18.8 Å². The van der Waals surface area contributed by atoms with Crippen molar-refractivity contribution in [2.45, 2.75) is 13.5 Å². The second kappa shape index (κ2) is 6.77. The van der Waals surface area contributed by atoms with Crippen LogP contribution in [0.3, 0.4) is 0 Å². The van der Waals surface area contributed by atoms with Crippen LogP contribution in [0.4, 0.5) is 0 Å². The number of nitrogens with one attached hydrogen (secondary N) is 1. The highest BCUT2D eigenvalue weighted by Gasteiger charge is 1.94. The van der Waals surface area contributed by atoms with Gasteiger partial charge in [-0.1, -0.05) is 30.3 Å². The normalized spacial score (nSPS) is 10.3. The Morgan fingerprint density at radius 3 is 2.67 bits per heavy atom. The molecule has 0 saturated carbocycles. The maximum Gasteiger partial charge on any atom is 0.137 e. The Balaban J connectivity index is 1.63. The molecule has 0 spiro atoms. The summed E-state index contributed by atoms with van der Waals surface area (Å²) in [6, 6.07) is 14.2. The Kier molecular flexibility index (Phi) is 4.73. The first-order valence-electron chi connectivity index (χ1n) is 6.15. The van der Waals surface area contributed by atoms with Crippen LogP contribution in [0.25, 0.3) is 0 Å². The SMILES string of the molecule is Cc1ccc(OCCNCc2ccccc2)cn1. The fourth-order valence-corrected chi connectivity index (χ4v) is 1.61. The number of ether oxygens (including phenoxy) is 1. The molecule has 0 bridgehead atoms. The summed E-state index contributed by atoms with van der Waals surface area (Å²) >= 11 is 0. The molecule has 1 aromatic carbocycles. The summed E-state index contributed by atoms with van der Waals surface area (Å²) in [5.74, 6) is 0.821. The fraction of sp³-hybridized carbons (Fsp3) is 0.267. The van der Waals surface area contributed by atoms with E-state index in [1.165, 1.54) is 5.56 Å². The number of hydrogen-bond acceptors (Lipinski definition) is 3. The minimum Gasteiger partial charge on any atom is -0.491 e. The predicted octanol–water partition coefficient (Wildman–Crippen LogP) is 2.56.